The lowest BCUT2D eigenvalue weighted by Crippen LogP contribution is -2.27. The fraction of sp³-hybridized carbons (Fsp3) is 0.615. The van der Waals surface area contributed by atoms with E-state index >= 15 is 0 Å². The number of hydrogen-bond donors (Lipinski definition) is 0. The minimum atomic E-state index is -0.246. The summed E-state index contributed by atoms with van der Waals surface area (Å²) in [5.41, 5.74) is 1.02. The first kappa shape index (κ1) is 11.2. The molecule has 1 aliphatic carbocycles. The van der Waals surface area contributed by atoms with Crippen molar-refractivity contribution in [1.82, 2.24) is 0 Å². The predicted molar refractivity (Wildman–Crippen MR) is 60.1 cm³/mol. The molecular formula is C13H20O. The third kappa shape index (κ3) is 2.57. The van der Waals surface area contributed by atoms with Gasteiger partial charge in [0.1, 0.15) is 5.78 Å². The zero-order valence-corrected chi connectivity index (χ0v) is 9.63. The van der Waals surface area contributed by atoms with Crippen LogP contribution >= 0.6 is 0 Å². The Labute approximate surface area is 86.9 Å². The molecule has 0 fully saturated rings. The maximum atomic E-state index is 12.0. The Balaban J connectivity index is 2.69. The summed E-state index contributed by atoms with van der Waals surface area (Å²) in [7, 11) is 0. The van der Waals surface area contributed by atoms with Crippen molar-refractivity contribution in [3.05, 3.63) is 23.8 Å². The zero-order chi connectivity index (χ0) is 10.8. The quantitative estimate of drug-likeness (QED) is 0.668. The molecule has 0 aliphatic heterocycles. The van der Waals surface area contributed by atoms with Gasteiger partial charge in [-0.2, -0.15) is 0 Å². The minimum absolute atomic E-state index is 0.246. The van der Waals surface area contributed by atoms with E-state index in [1.165, 1.54) is 5.57 Å². The molecule has 1 heteroatoms. The lowest BCUT2D eigenvalue weighted by Gasteiger charge is -2.26. The second-order valence-corrected chi connectivity index (χ2v) is 4.92. The lowest BCUT2D eigenvalue weighted by molar-refractivity contribution is -0.126. The van der Waals surface area contributed by atoms with Gasteiger partial charge in [-0.3, -0.25) is 4.79 Å². The summed E-state index contributed by atoms with van der Waals surface area (Å²) in [5, 5.41) is 0. The molecular weight excluding hydrogens is 172 g/mol. The van der Waals surface area contributed by atoms with Crippen molar-refractivity contribution in [2.45, 2.75) is 40.5 Å². The molecule has 14 heavy (non-hydrogen) atoms. The van der Waals surface area contributed by atoms with Crippen LogP contribution < -0.4 is 0 Å². The van der Waals surface area contributed by atoms with Gasteiger partial charge in [0.15, 0.2) is 0 Å². The third-order valence-corrected chi connectivity index (χ3v) is 2.79. The van der Waals surface area contributed by atoms with E-state index in [4.69, 9.17) is 0 Å². The first-order valence-electron chi connectivity index (χ1n) is 5.33. The number of Topliss-reactive ketones (excluding diaryl/α,β-unsaturated/α-hetero) is 1. The van der Waals surface area contributed by atoms with Crippen molar-refractivity contribution in [3.63, 3.8) is 0 Å². The molecule has 1 aliphatic rings. The van der Waals surface area contributed by atoms with Crippen LogP contribution in [0.3, 0.4) is 0 Å². The van der Waals surface area contributed by atoms with E-state index < -0.39 is 0 Å². The molecule has 0 saturated heterocycles. The van der Waals surface area contributed by atoms with E-state index in [9.17, 15) is 4.79 Å². The molecule has 0 amide bonds. The van der Waals surface area contributed by atoms with Gasteiger partial charge in [-0.1, -0.05) is 37.6 Å². The number of allylic oxidation sites excluding steroid dienone is 4. The van der Waals surface area contributed by atoms with Gasteiger partial charge < -0.3 is 0 Å². The maximum absolute atomic E-state index is 12.0. The van der Waals surface area contributed by atoms with Crippen molar-refractivity contribution in [2.24, 2.45) is 11.3 Å². The van der Waals surface area contributed by atoms with E-state index in [-0.39, 0.29) is 5.41 Å². The van der Waals surface area contributed by atoms with E-state index in [0.717, 1.165) is 6.42 Å². The summed E-state index contributed by atoms with van der Waals surface area (Å²) < 4.78 is 0. The largest absolute Gasteiger partial charge is 0.299 e. The second kappa shape index (κ2) is 4.12. The molecule has 78 valence electrons. The van der Waals surface area contributed by atoms with Crippen molar-refractivity contribution in [2.75, 3.05) is 0 Å². The van der Waals surface area contributed by atoms with Crippen LogP contribution in [0, 0.1) is 11.3 Å². The first-order valence-corrected chi connectivity index (χ1v) is 5.33. The molecule has 0 heterocycles. The zero-order valence-electron chi connectivity index (χ0n) is 9.63. The summed E-state index contributed by atoms with van der Waals surface area (Å²) in [6.45, 7) is 8.30. The van der Waals surface area contributed by atoms with E-state index in [1.54, 1.807) is 0 Å². The molecule has 0 radical (unpaired) electrons. The highest BCUT2D eigenvalue weighted by Crippen LogP contribution is 2.32. The molecule has 0 bridgehead atoms. The number of carbonyl (C=O) groups excluding carboxylic acids is 1. The van der Waals surface area contributed by atoms with E-state index in [2.05, 4.69) is 39.0 Å². The van der Waals surface area contributed by atoms with Crippen molar-refractivity contribution in [1.29, 1.82) is 0 Å². The number of hydrogen-bond acceptors (Lipinski definition) is 1. The fourth-order valence-electron chi connectivity index (χ4n) is 1.64. The van der Waals surface area contributed by atoms with Crippen LogP contribution in [0.25, 0.3) is 0 Å². The number of ketones is 1. The molecule has 1 atom stereocenters. The number of rotatable bonds is 3. The Hall–Kier alpha value is -0.850. The Morgan fingerprint density at radius 1 is 1.57 bits per heavy atom. The Kier molecular flexibility index (Phi) is 3.30. The summed E-state index contributed by atoms with van der Waals surface area (Å²) in [6, 6.07) is 0. The summed E-state index contributed by atoms with van der Waals surface area (Å²) >= 11 is 0. The highest BCUT2D eigenvalue weighted by atomic mass is 16.1. The second-order valence-electron chi connectivity index (χ2n) is 4.92. The summed E-state index contributed by atoms with van der Waals surface area (Å²) in [5.74, 6) is 0.826. The average molecular weight is 192 g/mol. The third-order valence-electron chi connectivity index (χ3n) is 2.79. The van der Waals surface area contributed by atoms with Gasteiger partial charge in [-0.05, 0) is 26.2 Å². The molecule has 0 N–H and O–H groups in total. The van der Waals surface area contributed by atoms with Crippen molar-refractivity contribution < 1.29 is 4.79 Å². The molecule has 0 aromatic rings. The molecule has 0 unspecified atom stereocenters. The Bertz CT molecular complexity index is 284. The topological polar surface area (TPSA) is 17.1 Å². The summed E-state index contributed by atoms with van der Waals surface area (Å²) in [4.78, 5) is 12.0. The van der Waals surface area contributed by atoms with Gasteiger partial charge in [-0.15, -0.1) is 0 Å². The Morgan fingerprint density at radius 3 is 2.64 bits per heavy atom. The van der Waals surface area contributed by atoms with Crippen molar-refractivity contribution in [3.8, 4) is 0 Å². The van der Waals surface area contributed by atoms with Crippen LogP contribution in [0.5, 0.6) is 0 Å². The molecule has 0 aromatic carbocycles. The number of carbonyl (C=O) groups is 1. The van der Waals surface area contributed by atoms with Crippen LogP contribution in [-0.4, -0.2) is 5.78 Å². The van der Waals surface area contributed by atoms with E-state index in [1.807, 2.05) is 6.92 Å². The molecule has 0 spiro atoms. The minimum Gasteiger partial charge on any atom is -0.299 e. The van der Waals surface area contributed by atoms with Gasteiger partial charge in [0.25, 0.3) is 0 Å². The van der Waals surface area contributed by atoms with E-state index in [0.29, 0.717) is 18.1 Å². The van der Waals surface area contributed by atoms with Crippen LogP contribution in [0.1, 0.15) is 40.5 Å². The first-order chi connectivity index (χ1) is 6.44. The van der Waals surface area contributed by atoms with Gasteiger partial charge in [-0.25, -0.2) is 0 Å². The lowest BCUT2D eigenvalue weighted by atomic mass is 9.76. The van der Waals surface area contributed by atoms with Crippen LogP contribution in [0.2, 0.25) is 0 Å². The standard InChI is InChI=1S/C13H20O/c1-10(2)9-12(14)13(4)7-5-11(3)6-8-13/h5-7,10H,8-9H2,1-4H3/t13-/m0/s1. The molecule has 1 rings (SSSR count). The fourth-order valence-corrected chi connectivity index (χ4v) is 1.64. The SMILES string of the molecule is CC1=CC[C@@](C)(C(=O)CC(C)C)C=C1. The molecule has 0 aromatic heterocycles. The smallest absolute Gasteiger partial charge is 0.143 e. The predicted octanol–water partition coefficient (Wildman–Crippen LogP) is 3.51. The normalized spacial score (nSPS) is 26.5. The van der Waals surface area contributed by atoms with Gasteiger partial charge in [0.05, 0.1) is 0 Å². The highest BCUT2D eigenvalue weighted by molar-refractivity contribution is 5.87. The van der Waals surface area contributed by atoms with Crippen LogP contribution in [0.15, 0.2) is 23.8 Å². The average Bonchev–Trinajstić information content (AvgIpc) is 2.09. The maximum Gasteiger partial charge on any atom is 0.143 e. The van der Waals surface area contributed by atoms with Crippen molar-refractivity contribution >= 4 is 5.78 Å². The molecule has 1 nitrogen and oxygen atoms in total. The van der Waals surface area contributed by atoms with Gasteiger partial charge >= 0.3 is 0 Å². The monoisotopic (exact) mass is 192 g/mol. The van der Waals surface area contributed by atoms with Gasteiger partial charge in [0, 0.05) is 11.8 Å². The van der Waals surface area contributed by atoms with Crippen LogP contribution in [-0.2, 0) is 4.79 Å². The Morgan fingerprint density at radius 2 is 2.21 bits per heavy atom. The van der Waals surface area contributed by atoms with Gasteiger partial charge in [0.2, 0.25) is 0 Å². The van der Waals surface area contributed by atoms with Crippen LogP contribution in [0.4, 0.5) is 0 Å². The highest BCUT2D eigenvalue weighted by Gasteiger charge is 2.30. The summed E-state index contributed by atoms with van der Waals surface area (Å²) in [6.07, 6.45) is 7.82. The molecule has 0 saturated carbocycles.